The van der Waals surface area contributed by atoms with Crippen molar-refractivity contribution in [1.82, 2.24) is 0 Å². The SMILES string of the molecule is CCOc1ccc(N2C(=O)[C@@H]3[C@@H](C2=O)C2c4ccccc4C3([N+](=O)[O-])c3ccccc32)cc1. The van der Waals surface area contributed by atoms with Crippen molar-refractivity contribution in [3.63, 3.8) is 0 Å². The Morgan fingerprint density at radius 1 is 0.909 bits per heavy atom. The Balaban J connectivity index is 1.58. The van der Waals surface area contributed by atoms with E-state index in [4.69, 9.17) is 4.74 Å². The molecule has 1 heterocycles. The van der Waals surface area contributed by atoms with E-state index >= 15 is 0 Å². The molecule has 3 aliphatic carbocycles. The third-order valence-corrected chi connectivity index (χ3v) is 7.27. The maximum absolute atomic E-state index is 13.8. The Morgan fingerprint density at radius 3 is 2.03 bits per heavy atom. The molecular weight excluding hydrogens is 420 g/mol. The smallest absolute Gasteiger partial charge is 0.285 e. The van der Waals surface area contributed by atoms with Gasteiger partial charge < -0.3 is 4.74 Å². The van der Waals surface area contributed by atoms with E-state index in [9.17, 15) is 19.7 Å². The van der Waals surface area contributed by atoms with Crippen LogP contribution in [0.5, 0.6) is 5.75 Å². The molecule has 2 amide bonds. The molecule has 7 nitrogen and oxygen atoms in total. The highest BCUT2D eigenvalue weighted by Gasteiger charge is 2.74. The number of amides is 2. The second-order valence-electron chi connectivity index (χ2n) is 8.62. The lowest BCUT2D eigenvalue weighted by Crippen LogP contribution is -2.57. The lowest BCUT2D eigenvalue weighted by Gasteiger charge is -2.48. The minimum Gasteiger partial charge on any atom is -0.494 e. The number of rotatable bonds is 4. The number of nitro groups is 1. The summed E-state index contributed by atoms with van der Waals surface area (Å²) >= 11 is 0. The fourth-order valence-electron chi connectivity index (χ4n) is 6.15. The third-order valence-electron chi connectivity index (χ3n) is 7.27. The van der Waals surface area contributed by atoms with Crippen LogP contribution in [-0.4, -0.2) is 23.3 Å². The van der Waals surface area contributed by atoms with Crippen molar-refractivity contribution in [3.05, 3.63) is 105 Å². The fraction of sp³-hybridized carbons (Fsp3) is 0.231. The summed E-state index contributed by atoms with van der Waals surface area (Å²) in [5.74, 6) is -2.65. The molecule has 2 bridgehead atoms. The number of nitrogens with zero attached hydrogens (tertiary/aromatic N) is 2. The summed E-state index contributed by atoms with van der Waals surface area (Å²) in [6.07, 6.45) is 0. The van der Waals surface area contributed by atoms with Crippen LogP contribution in [-0.2, 0) is 15.1 Å². The van der Waals surface area contributed by atoms with E-state index in [1.165, 1.54) is 0 Å². The summed E-state index contributed by atoms with van der Waals surface area (Å²) in [7, 11) is 0. The van der Waals surface area contributed by atoms with Gasteiger partial charge in [0.1, 0.15) is 11.7 Å². The Labute approximate surface area is 189 Å². The Hall–Kier alpha value is -4.00. The highest BCUT2D eigenvalue weighted by molar-refractivity contribution is 6.23. The molecule has 7 rings (SSSR count). The molecule has 33 heavy (non-hydrogen) atoms. The van der Waals surface area contributed by atoms with E-state index < -0.39 is 35.1 Å². The van der Waals surface area contributed by atoms with Crippen LogP contribution >= 0.6 is 0 Å². The first kappa shape index (κ1) is 19.7. The van der Waals surface area contributed by atoms with Gasteiger partial charge in [0.15, 0.2) is 0 Å². The zero-order chi connectivity index (χ0) is 22.9. The van der Waals surface area contributed by atoms with Crippen molar-refractivity contribution in [1.29, 1.82) is 0 Å². The minimum absolute atomic E-state index is 0.357. The topological polar surface area (TPSA) is 89.8 Å². The van der Waals surface area contributed by atoms with Gasteiger partial charge in [0, 0.05) is 22.0 Å². The summed E-state index contributed by atoms with van der Waals surface area (Å²) in [6.45, 7) is 2.36. The molecule has 0 unspecified atom stereocenters. The van der Waals surface area contributed by atoms with Crippen LogP contribution in [0, 0.1) is 22.0 Å². The van der Waals surface area contributed by atoms with E-state index in [-0.39, 0.29) is 4.92 Å². The van der Waals surface area contributed by atoms with Gasteiger partial charge in [-0.25, -0.2) is 4.90 Å². The van der Waals surface area contributed by atoms with Gasteiger partial charge in [-0.1, -0.05) is 48.5 Å². The highest BCUT2D eigenvalue weighted by Crippen LogP contribution is 2.64. The summed E-state index contributed by atoms with van der Waals surface area (Å²) in [6, 6.07) is 21.0. The first-order valence-electron chi connectivity index (χ1n) is 11.0. The third kappa shape index (κ3) is 2.29. The number of hydrogen-bond donors (Lipinski definition) is 0. The summed E-state index contributed by atoms with van der Waals surface area (Å²) in [5, 5.41) is 12.9. The normalized spacial score (nSPS) is 26.6. The highest BCUT2D eigenvalue weighted by atomic mass is 16.6. The largest absolute Gasteiger partial charge is 0.494 e. The lowest BCUT2D eigenvalue weighted by atomic mass is 9.51. The Kier molecular flexibility index (Phi) is 4.02. The Bertz CT molecular complexity index is 1290. The van der Waals surface area contributed by atoms with Gasteiger partial charge in [-0.2, -0.15) is 0 Å². The molecule has 1 fully saturated rings. The molecule has 0 radical (unpaired) electrons. The standard InChI is InChI=1S/C26H20N2O5/c1-2-33-16-13-11-15(12-14-16)27-24(29)22-21-17-7-3-5-9-19(17)26(28(31)32,23(22)25(27)30)20-10-6-4-8-18(20)21/h3-14,21-23H,2H2,1H3/t21?,22-,23-,26?/m0/s1. The molecule has 1 saturated heterocycles. The molecule has 0 N–H and O–H groups in total. The average Bonchev–Trinajstić information content (AvgIpc) is 3.10. The molecular formula is C26H20N2O5. The molecule has 4 aliphatic rings. The van der Waals surface area contributed by atoms with Gasteiger partial charge in [0.25, 0.3) is 5.54 Å². The zero-order valence-electron chi connectivity index (χ0n) is 17.8. The van der Waals surface area contributed by atoms with Crippen LogP contribution in [0.3, 0.4) is 0 Å². The summed E-state index contributed by atoms with van der Waals surface area (Å²) in [5.41, 5.74) is 1.12. The monoisotopic (exact) mass is 440 g/mol. The molecule has 2 atom stereocenters. The van der Waals surface area contributed by atoms with Gasteiger partial charge in [-0.05, 0) is 42.3 Å². The maximum Gasteiger partial charge on any atom is 0.285 e. The van der Waals surface area contributed by atoms with Gasteiger partial charge >= 0.3 is 0 Å². The van der Waals surface area contributed by atoms with Crippen molar-refractivity contribution in [2.75, 3.05) is 11.5 Å². The van der Waals surface area contributed by atoms with E-state index in [0.29, 0.717) is 29.2 Å². The molecule has 0 aromatic heterocycles. The molecule has 164 valence electrons. The van der Waals surface area contributed by atoms with Crippen LogP contribution in [0.2, 0.25) is 0 Å². The molecule has 0 spiro atoms. The summed E-state index contributed by atoms with van der Waals surface area (Å²) < 4.78 is 5.47. The number of carbonyl (C=O) groups excluding carboxylic acids is 2. The zero-order valence-corrected chi connectivity index (χ0v) is 17.8. The van der Waals surface area contributed by atoms with Crippen LogP contribution < -0.4 is 9.64 Å². The number of benzene rings is 3. The van der Waals surface area contributed by atoms with E-state index in [1.54, 1.807) is 48.5 Å². The van der Waals surface area contributed by atoms with Crippen molar-refractivity contribution in [2.24, 2.45) is 11.8 Å². The minimum atomic E-state index is -1.81. The van der Waals surface area contributed by atoms with Gasteiger partial charge in [-0.3, -0.25) is 19.7 Å². The van der Waals surface area contributed by atoms with Gasteiger partial charge in [0.05, 0.1) is 18.2 Å². The van der Waals surface area contributed by atoms with Crippen LogP contribution in [0.4, 0.5) is 5.69 Å². The number of anilines is 1. The molecule has 0 saturated carbocycles. The van der Waals surface area contributed by atoms with E-state index in [0.717, 1.165) is 16.0 Å². The number of ether oxygens (including phenoxy) is 1. The molecule has 3 aromatic carbocycles. The van der Waals surface area contributed by atoms with E-state index in [1.807, 2.05) is 31.2 Å². The van der Waals surface area contributed by atoms with Gasteiger partial charge in [-0.15, -0.1) is 0 Å². The molecule has 3 aromatic rings. The number of hydrogen-bond acceptors (Lipinski definition) is 5. The second kappa shape index (κ2) is 6.75. The molecule has 7 heteroatoms. The van der Waals surface area contributed by atoms with E-state index in [2.05, 4.69) is 0 Å². The van der Waals surface area contributed by atoms with Crippen molar-refractivity contribution in [2.45, 2.75) is 18.4 Å². The predicted molar refractivity (Wildman–Crippen MR) is 120 cm³/mol. The van der Waals surface area contributed by atoms with Crippen LogP contribution in [0.1, 0.15) is 35.1 Å². The van der Waals surface area contributed by atoms with Crippen molar-refractivity contribution >= 4 is 17.5 Å². The van der Waals surface area contributed by atoms with Crippen molar-refractivity contribution in [3.8, 4) is 5.75 Å². The van der Waals surface area contributed by atoms with Crippen LogP contribution in [0.15, 0.2) is 72.8 Å². The first-order valence-corrected chi connectivity index (χ1v) is 11.0. The maximum atomic E-state index is 13.8. The average molecular weight is 440 g/mol. The van der Waals surface area contributed by atoms with Gasteiger partial charge in [0.2, 0.25) is 11.8 Å². The lowest BCUT2D eigenvalue weighted by molar-refractivity contribution is -0.578. The number of carbonyl (C=O) groups is 2. The number of imide groups is 1. The first-order chi connectivity index (χ1) is 16.0. The molecule has 1 aliphatic heterocycles. The Morgan fingerprint density at radius 2 is 1.48 bits per heavy atom. The summed E-state index contributed by atoms with van der Waals surface area (Å²) in [4.78, 5) is 41.3. The predicted octanol–water partition coefficient (Wildman–Crippen LogP) is 3.87. The fourth-order valence-corrected chi connectivity index (χ4v) is 6.15. The van der Waals surface area contributed by atoms with Crippen LogP contribution in [0.25, 0.3) is 0 Å². The van der Waals surface area contributed by atoms with Crippen molar-refractivity contribution < 1.29 is 19.2 Å². The second-order valence-corrected chi connectivity index (χ2v) is 8.62. The quantitative estimate of drug-likeness (QED) is 0.349.